The number of ketones is 1. The highest BCUT2D eigenvalue weighted by Crippen LogP contribution is 2.45. The third kappa shape index (κ3) is 1.97. The number of aliphatic imine (C=N–C) groups is 1. The molecule has 0 atom stereocenters. The van der Waals surface area contributed by atoms with E-state index in [2.05, 4.69) is 11.1 Å². The van der Waals surface area contributed by atoms with E-state index in [9.17, 15) is 9.90 Å². The molecule has 0 bridgehead atoms. The lowest BCUT2D eigenvalue weighted by Gasteiger charge is -2.23. The summed E-state index contributed by atoms with van der Waals surface area (Å²) in [6.45, 7) is 0. The van der Waals surface area contributed by atoms with Gasteiger partial charge in [-0.15, -0.1) is 0 Å². The predicted molar refractivity (Wildman–Crippen MR) is 93.9 cm³/mol. The number of aliphatic hydroxyl groups is 1. The van der Waals surface area contributed by atoms with Crippen LogP contribution in [0, 0.1) is 0 Å². The molecule has 24 heavy (non-hydrogen) atoms. The average molecular weight is 319 g/mol. The lowest BCUT2D eigenvalue weighted by molar-refractivity contribution is -0.113. The molecule has 1 N–H and O–H groups in total. The molecule has 0 unspecified atom stereocenters. The number of rotatable bonds is 1. The number of aliphatic hydroxyl groups excluding tert-OH is 1. The zero-order valence-electron chi connectivity index (χ0n) is 13.8. The smallest absolute Gasteiger partial charge is 0.202 e. The minimum atomic E-state index is -0.0200. The van der Waals surface area contributed by atoms with Crippen molar-refractivity contribution in [1.82, 2.24) is 0 Å². The van der Waals surface area contributed by atoms with Crippen molar-refractivity contribution in [3.63, 3.8) is 0 Å². The molecular weight excluding hydrogens is 298 g/mol. The Labute approximate surface area is 141 Å². The fraction of sp³-hybridized carbons (Fsp3) is 0.429. The van der Waals surface area contributed by atoms with Crippen LogP contribution in [0.5, 0.6) is 0 Å². The molecule has 0 radical (unpaired) electrons. The highest BCUT2D eigenvalue weighted by molar-refractivity contribution is 6.23. The molecule has 0 amide bonds. The van der Waals surface area contributed by atoms with Gasteiger partial charge >= 0.3 is 0 Å². The SMILES string of the molecule is O=C1C(=C2C=C3CCCCC3=N2)C(O)=C1C1=CC2=C(CCCC2)C1. The number of carbonyl (C=O) groups is 1. The number of hydrogen-bond acceptors (Lipinski definition) is 3. The van der Waals surface area contributed by atoms with Crippen molar-refractivity contribution >= 4 is 11.5 Å². The molecule has 0 saturated heterocycles. The van der Waals surface area contributed by atoms with E-state index in [1.54, 1.807) is 0 Å². The average Bonchev–Trinajstić information content (AvgIpc) is 3.17. The molecule has 5 rings (SSSR count). The lowest BCUT2D eigenvalue weighted by Crippen LogP contribution is -2.24. The van der Waals surface area contributed by atoms with Crippen LogP contribution in [-0.2, 0) is 4.79 Å². The molecular formula is C21H21NO2. The van der Waals surface area contributed by atoms with Gasteiger partial charge in [0.05, 0.1) is 16.8 Å². The van der Waals surface area contributed by atoms with Gasteiger partial charge in [-0.2, -0.15) is 0 Å². The molecule has 3 heteroatoms. The van der Waals surface area contributed by atoms with Gasteiger partial charge in [0.25, 0.3) is 0 Å². The van der Waals surface area contributed by atoms with E-state index in [-0.39, 0.29) is 11.5 Å². The van der Waals surface area contributed by atoms with Gasteiger partial charge in [0.15, 0.2) is 0 Å². The van der Waals surface area contributed by atoms with Gasteiger partial charge < -0.3 is 5.11 Å². The van der Waals surface area contributed by atoms with Gasteiger partial charge in [-0.05, 0) is 80.6 Å². The van der Waals surface area contributed by atoms with Crippen LogP contribution in [0.4, 0.5) is 0 Å². The quantitative estimate of drug-likeness (QED) is 0.706. The minimum absolute atomic E-state index is 0.0200. The van der Waals surface area contributed by atoms with Crippen LogP contribution in [0.3, 0.4) is 0 Å². The summed E-state index contributed by atoms with van der Waals surface area (Å²) < 4.78 is 0. The number of hydrogen-bond donors (Lipinski definition) is 1. The second-order valence-corrected chi connectivity index (χ2v) is 7.43. The monoisotopic (exact) mass is 319 g/mol. The van der Waals surface area contributed by atoms with E-state index >= 15 is 0 Å². The van der Waals surface area contributed by atoms with Crippen LogP contribution >= 0.6 is 0 Å². The van der Waals surface area contributed by atoms with Gasteiger partial charge in [-0.25, -0.2) is 0 Å². The van der Waals surface area contributed by atoms with Crippen LogP contribution in [-0.4, -0.2) is 16.6 Å². The van der Waals surface area contributed by atoms with Crippen molar-refractivity contribution in [3.05, 3.63) is 57.0 Å². The van der Waals surface area contributed by atoms with Crippen LogP contribution in [0.1, 0.15) is 57.8 Å². The lowest BCUT2D eigenvalue weighted by atomic mass is 9.81. The summed E-state index contributed by atoms with van der Waals surface area (Å²) in [4.78, 5) is 17.3. The summed E-state index contributed by atoms with van der Waals surface area (Å²) >= 11 is 0. The maximum absolute atomic E-state index is 12.7. The first-order valence-electron chi connectivity index (χ1n) is 9.15. The number of carbonyl (C=O) groups excluding carboxylic acids is 1. The van der Waals surface area contributed by atoms with Crippen molar-refractivity contribution in [2.24, 2.45) is 4.99 Å². The summed E-state index contributed by atoms with van der Waals surface area (Å²) in [6.07, 6.45) is 14.2. The summed E-state index contributed by atoms with van der Waals surface area (Å²) in [5, 5.41) is 10.6. The third-order valence-corrected chi connectivity index (χ3v) is 5.93. The second kappa shape index (κ2) is 5.17. The second-order valence-electron chi connectivity index (χ2n) is 7.43. The van der Waals surface area contributed by atoms with Crippen molar-refractivity contribution in [2.75, 3.05) is 0 Å². The number of Topliss-reactive ketones (excluding diaryl/α,β-unsaturated/α-hetero) is 1. The first kappa shape index (κ1) is 14.2. The Morgan fingerprint density at radius 3 is 2.46 bits per heavy atom. The van der Waals surface area contributed by atoms with Crippen molar-refractivity contribution in [3.8, 4) is 0 Å². The standard InChI is InChI=1S/C21H21NO2/c23-20-18(15-9-12-5-1-2-6-13(12)10-15)21(24)19(20)17-11-14-7-3-4-8-16(14)22-17/h9,11,23H,1-8,10H2. The summed E-state index contributed by atoms with van der Waals surface area (Å²) in [5.41, 5.74) is 7.93. The summed E-state index contributed by atoms with van der Waals surface area (Å²) in [6, 6.07) is 0. The maximum atomic E-state index is 12.7. The Kier molecular flexibility index (Phi) is 3.06. The van der Waals surface area contributed by atoms with E-state index in [1.165, 1.54) is 42.4 Å². The molecule has 122 valence electrons. The Morgan fingerprint density at radius 1 is 0.875 bits per heavy atom. The van der Waals surface area contributed by atoms with E-state index in [0.717, 1.165) is 43.4 Å². The zero-order valence-corrected chi connectivity index (χ0v) is 13.8. The highest BCUT2D eigenvalue weighted by Gasteiger charge is 2.40. The molecule has 4 aliphatic carbocycles. The van der Waals surface area contributed by atoms with Gasteiger partial charge in [0.1, 0.15) is 5.76 Å². The molecule has 3 nitrogen and oxygen atoms in total. The largest absolute Gasteiger partial charge is 0.506 e. The molecule has 5 aliphatic rings. The first-order chi connectivity index (χ1) is 11.7. The zero-order chi connectivity index (χ0) is 16.3. The Morgan fingerprint density at radius 2 is 1.67 bits per heavy atom. The molecule has 1 saturated carbocycles. The van der Waals surface area contributed by atoms with E-state index in [4.69, 9.17) is 0 Å². The van der Waals surface area contributed by atoms with Gasteiger partial charge in [-0.1, -0.05) is 11.6 Å². The first-order valence-corrected chi connectivity index (χ1v) is 9.15. The van der Waals surface area contributed by atoms with Crippen LogP contribution < -0.4 is 0 Å². The number of allylic oxidation sites excluding steroid dienone is 8. The summed E-state index contributed by atoms with van der Waals surface area (Å²) in [7, 11) is 0. The normalized spacial score (nSPS) is 29.2. The van der Waals surface area contributed by atoms with Gasteiger partial charge in [0.2, 0.25) is 5.78 Å². The van der Waals surface area contributed by atoms with Crippen molar-refractivity contribution in [1.29, 1.82) is 0 Å². The van der Waals surface area contributed by atoms with Crippen molar-refractivity contribution in [2.45, 2.75) is 57.8 Å². The number of nitrogens with zero attached hydrogens (tertiary/aromatic N) is 1. The third-order valence-electron chi connectivity index (χ3n) is 5.93. The molecule has 0 spiro atoms. The molecule has 0 aromatic rings. The van der Waals surface area contributed by atoms with Gasteiger partial charge in [-0.3, -0.25) is 9.79 Å². The van der Waals surface area contributed by atoms with Crippen LogP contribution in [0.2, 0.25) is 0 Å². The predicted octanol–water partition coefficient (Wildman–Crippen LogP) is 4.79. The molecule has 1 aliphatic heterocycles. The molecule has 0 aromatic heterocycles. The Balaban J connectivity index is 1.49. The Bertz CT molecular complexity index is 834. The Hall–Kier alpha value is -2.16. The van der Waals surface area contributed by atoms with E-state index < -0.39 is 0 Å². The fourth-order valence-corrected chi connectivity index (χ4v) is 4.62. The molecule has 0 aromatic carbocycles. The van der Waals surface area contributed by atoms with E-state index in [0.29, 0.717) is 16.8 Å². The van der Waals surface area contributed by atoms with Gasteiger partial charge in [0, 0.05) is 5.71 Å². The highest BCUT2D eigenvalue weighted by atomic mass is 16.3. The van der Waals surface area contributed by atoms with Crippen LogP contribution in [0.15, 0.2) is 62.0 Å². The fourth-order valence-electron chi connectivity index (χ4n) is 4.62. The van der Waals surface area contributed by atoms with Crippen LogP contribution in [0.25, 0.3) is 0 Å². The topological polar surface area (TPSA) is 49.7 Å². The van der Waals surface area contributed by atoms with Crippen molar-refractivity contribution < 1.29 is 9.90 Å². The minimum Gasteiger partial charge on any atom is -0.506 e. The van der Waals surface area contributed by atoms with E-state index in [1.807, 2.05) is 6.08 Å². The maximum Gasteiger partial charge on any atom is 0.202 e. The number of fused-ring (bicyclic) bond motifs is 1. The summed E-state index contributed by atoms with van der Waals surface area (Å²) in [5.74, 6) is 0.148. The molecule has 1 fully saturated rings. The molecule has 1 heterocycles.